The first-order valence-corrected chi connectivity index (χ1v) is 11.7. The topological polar surface area (TPSA) is 130 Å². The minimum atomic E-state index is -4.08. The van der Waals surface area contributed by atoms with Gasteiger partial charge in [-0.1, -0.05) is 13.8 Å². The van der Waals surface area contributed by atoms with Crippen molar-refractivity contribution in [2.24, 2.45) is 28.4 Å². The van der Waals surface area contributed by atoms with Gasteiger partial charge in [-0.05, 0) is 42.9 Å². The van der Waals surface area contributed by atoms with E-state index in [0.29, 0.717) is 18.8 Å². The van der Waals surface area contributed by atoms with Crippen LogP contribution in [0.2, 0.25) is 0 Å². The summed E-state index contributed by atoms with van der Waals surface area (Å²) in [5, 5.41) is 2.96. The lowest BCUT2D eigenvalue weighted by molar-refractivity contribution is -0.128. The van der Waals surface area contributed by atoms with Crippen molar-refractivity contribution >= 4 is 21.8 Å². The molecule has 9 heteroatoms. The van der Waals surface area contributed by atoms with Crippen LogP contribution in [0, 0.1) is 22.7 Å². The maximum Gasteiger partial charge on any atom is 0.265 e. The van der Waals surface area contributed by atoms with Gasteiger partial charge < -0.3 is 11.1 Å². The highest BCUT2D eigenvalue weighted by atomic mass is 32.2. The quantitative estimate of drug-likeness (QED) is 0.581. The van der Waals surface area contributed by atoms with Gasteiger partial charge in [-0.2, -0.15) is 8.42 Å². The van der Waals surface area contributed by atoms with Crippen molar-refractivity contribution < 1.29 is 22.6 Å². The molecular weight excluding hydrogens is 382 g/mol. The molecule has 4 N–H and O–H groups in total. The van der Waals surface area contributed by atoms with E-state index in [0.717, 1.165) is 19.5 Å². The molecule has 4 bridgehead atoms. The summed E-state index contributed by atoms with van der Waals surface area (Å²) in [6, 6.07) is 0.181. The van der Waals surface area contributed by atoms with E-state index in [4.69, 9.17) is 10.3 Å². The molecule has 5 rings (SSSR count). The number of rotatable bonds is 3. The van der Waals surface area contributed by atoms with Crippen LogP contribution in [0.25, 0.3) is 0 Å². The van der Waals surface area contributed by atoms with Crippen LogP contribution < -0.4 is 11.1 Å². The number of nitrogens with zero attached hydrogens (tertiary/aromatic N) is 1. The number of carbonyl (C=O) groups is 2. The second-order valence-electron chi connectivity index (χ2n) is 9.48. The normalized spacial score (nSPS) is 40.8. The number of carbonyl (C=O) groups excluding carboxylic acids is 2. The average Bonchev–Trinajstić information content (AvgIpc) is 2.91. The third-order valence-electron chi connectivity index (χ3n) is 7.81. The molecule has 0 aromatic heterocycles. The van der Waals surface area contributed by atoms with Crippen molar-refractivity contribution in [1.82, 2.24) is 10.2 Å². The van der Waals surface area contributed by atoms with E-state index in [-0.39, 0.29) is 35.2 Å². The Kier molecular flexibility index (Phi) is 5.68. The van der Waals surface area contributed by atoms with Gasteiger partial charge in [0.25, 0.3) is 10.1 Å². The Hall–Kier alpha value is -1.03. The summed E-state index contributed by atoms with van der Waals surface area (Å²) >= 11 is 0. The molecule has 2 aliphatic carbocycles. The number of nitrogens with one attached hydrogen (secondary N) is 1. The monoisotopic (exact) mass is 415 g/mol. The molecule has 3 unspecified atom stereocenters. The van der Waals surface area contributed by atoms with Crippen LogP contribution in [0.1, 0.15) is 52.9 Å². The van der Waals surface area contributed by atoms with Crippen LogP contribution in [-0.4, -0.2) is 60.6 Å². The molecule has 160 valence electrons. The van der Waals surface area contributed by atoms with Gasteiger partial charge in [0.05, 0.1) is 23.4 Å². The Morgan fingerprint density at radius 1 is 1.29 bits per heavy atom. The second-order valence-corrected chi connectivity index (χ2v) is 10.9. The highest BCUT2D eigenvalue weighted by Gasteiger charge is 2.65. The zero-order chi connectivity index (χ0) is 20.9. The summed E-state index contributed by atoms with van der Waals surface area (Å²) in [4.78, 5) is 25.1. The zero-order valence-electron chi connectivity index (χ0n) is 17.0. The van der Waals surface area contributed by atoms with Crippen LogP contribution in [0.4, 0.5) is 0 Å². The average molecular weight is 416 g/mol. The maximum absolute atomic E-state index is 11.9. The van der Waals surface area contributed by atoms with Crippen LogP contribution in [0.5, 0.6) is 0 Å². The minimum Gasteiger partial charge on any atom is -0.350 e. The molecule has 28 heavy (non-hydrogen) atoms. The maximum atomic E-state index is 11.9. The van der Waals surface area contributed by atoms with Crippen molar-refractivity contribution in [1.29, 1.82) is 0 Å². The van der Waals surface area contributed by atoms with Gasteiger partial charge in [-0.3, -0.25) is 19.0 Å². The minimum absolute atomic E-state index is 0.0152. The predicted octanol–water partition coefficient (Wildman–Crippen LogP) is 0.771. The summed E-state index contributed by atoms with van der Waals surface area (Å²) in [6.07, 6.45) is 4.37. The number of hydrogen-bond acceptors (Lipinski definition) is 6. The van der Waals surface area contributed by atoms with Crippen molar-refractivity contribution in [3.63, 3.8) is 0 Å². The van der Waals surface area contributed by atoms with Crippen molar-refractivity contribution in [2.45, 2.75) is 65.1 Å². The van der Waals surface area contributed by atoms with Crippen molar-refractivity contribution in [3.05, 3.63) is 0 Å². The van der Waals surface area contributed by atoms with E-state index in [1.807, 2.05) is 13.8 Å². The Morgan fingerprint density at radius 3 is 2.29 bits per heavy atom. The SMILES string of the molecule is CC(=O)NC1C2CCN(CC2)[C@H]1N.CC1(C)C2CCC1(CS(=O)(=O)O)C(=O)C2. The van der Waals surface area contributed by atoms with E-state index in [2.05, 4.69) is 10.2 Å². The summed E-state index contributed by atoms with van der Waals surface area (Å²) in [7, 11) is -4.08. The number of nitrogens with two attached hydrogens (primary N) is 1. The third kappa shape index (κ3) is 3.74. The molecule has 0 spiro atoms. The van der Waals surface area contributed by atoms with Gasteiger partial charge in [0.2, 0.25) is 5.91 Å². The zero-order valence-corrected chi connectivity index (χ0v) is 17.8. The third-order valence-corrected chi connectivity index (χ3v) is 8.67. The van der Waals surface area contributed by atoms with E-state index in [1.165, 1.54) is 12.8 Å². The highest BCUT2D eigenvalue weighted by molar-refractivity contribution is 7.85. The summed E-state index contributed by atoms with van der Waals surface area (Å²) in [6.45, 7) is 7.65. The van der Waals surface area contributed by atoms with Gasteiger partial charge in [0.1, 0.15) is 5.78 Å². The molecule has 5 fully saturated rings. The van der Waals surface area contributed by atoms with Gasteiger partial charge in [-0.15, -0.1) is 0 Å². The highest BCUT2D eigenvalue weighted by Crippen LogP contribution is 2.64. The van der Waals surface area contributed by atoms with Crippen molar-refractivity contribution in [2.75, 3.05) is 18.8 Å². The molecule has 4 atom stereocenters. The smallest absolute Gasteiger partial charge is 0.265 e. The second kappa shape index (κ2) is 7.34. The van der Waals surface area contributed by atoms with E-state index in [9.17, 15) is 18.0 Å². The summed E-state index contributed by atoms with van der Waals surface area (Å²) in [5.41, 5.74) is 4.90. The Bertz CT molecular complexity index is 743. The fraction of sp³-hybridized carbons (Fsp3) is 0.895. The molecule has 2 saturated carbocycles. The number of ketones is 1. The summed E-state index contributed by atoms with van der Waals surface area (Å²) < 4.78 is 31.0. The number of hydrogen-bond donors (Lipinski definition) is 3. The predicted molar refractivity (Wildman–Crippen MR) is 105 cm³/mol. The van der Waals surface area contributed by atoms with E-state index in [1.54, 1.807) is 6.92 Å². The molecule has 3 aliphatic heterocycles. The first-order chi connectivity index (χ1) is 12.9. The van der Waals surface area contributed by atoms with Crippen LogP contribution >= 0.6 is 0 Å². The largest absolute Gasteiger partial charge is 0.350 e. The molecule has 0 aromatic rings. The number of Topliss-reactive ketones (excluding diaryl/α,β-unsaturated/α-hetero) is 1. The Balaban J connectivity index is 0.000000162. The number of piperidine rings is 3. The molecule has 3 saturated heterocycles. The van der Waals surface area contributed by atoms with Crippen LogP contribution in [0.15, 0.2) is 0 Å². The Morgan fingerprint density at radius 2 is 1.89 bits per heavy atom. The van der Waals surface area contributed by atoms with Gasteiger partial charge in [-0.25, -0.2) is 0 Å². The molecular formula is C19H33N3O5S. The first kappa shape index (κ1) is 21.7. The lowest BCUT2D eigenvalue weighted by atomic mass is 9.70. The Labute approximate surface area is 167 Å². The van der Waals surface area contributed by atoms with E-state index >= 15 is 0 Å². The lowest BCUT2D eigenvalue weighted by Gasteiger charge is -2.49. The lowest BCUT2D eigenvalue weighted by Crippen LogP contribution is -2.66. The first-order valence-electron chi connectivity index (χ1n) is 10.1. The van der Waals surface area contributed by atoms with E-state index < -0.39 is 21.3 Å². The molecule has 8 nitrogen and oxygen atoms in total. The number of fused-ring (bicyclic) bond motifs is 5. The van der Waals surface area contributed by atoms with Gasteiger partial charge in [0, 0.05) is 26.4 Å². The molecule has 0 aromatic carbocycles. The molecule has 3 heterocycles. The molecule has 5 aliphatic rings. The fourth-order valence-electron chi connectivity index (χ4n) is 5.94. The van der Waals surface area contributed by atoms with Crippen molar-refractivity contribution in [3.8, 4) is 0 Å². The summed E-state index contributed by atoms with van der Waals surface area (Å²) in [5.74, 6) is 0.536. The van der Waals surface area contributed by atoms with Crippen LogP contribution in [-0.2, 0) is 19.7 Å². The fourth-order valence-corrected chi connectivity index (χ4v) is 7.24. The standard InChI is InChI=1S/C10H16O4S.C9H17N3O/c1-9(2)7-3-4-10(9,8(11)5-7)6-15(12,13)14;1-6(13)11-8-7-2-4-12(5-3-7)9(8)10/h7H,3-6H2,1-2H3,(H,12,13,14);7-9H,2-5,10H2,1H3,(H,11,13)/t;8?,9-/m.1/s1. The molecule has 0 radical (unpaired) electrons. The molecule has 1 amide bonds. The van der Waals surface area contributed by atoms with Crippen LogP contribution in [0.3, 0.4) is 0 Å². The number of amides is 1. The van der Waals surface area contributed by atoms with Gasteiger partial charge in [0.15, 0.2) is 0 Å². The van der Waals surface area contributed by atoms with Gasteiger partial charge >= 0.3 is 0 Å².